The summed E-state index contributed by atoms with van der Waals surface area (Å²) in [6.45, 7) is 5.52. The SMILES string of the molecule is CCOC(=O)[C@@H]1CCCN(C(=O)N2CCN(CC)C(=O)C2=O)C1. The third-order valence-corrected chi connectivity index (χ3v) is 4.23. The Bertz CT molecular complexity index is 507. The van der Waals surface area contributed by atoms with Crippen molar-refractivity contribution in [3.05, 3.63) is 0 Å². The lowest BCUT2D eigenvalue weighted by atomic mass is 9.98. The number of likely N-dealkylation sites (tertiary alicyclic amines) is 1. The zero-order valence-electron chi connectivity index (χ0n) is 13.6. The van der Waals surface area contributed by atoms with E-state index in [-0.39, 0.29) is 25.0 Å². The molecule has 8 nitrogen and oxygen atoms in total. The van der Waals surface area contributed by atoms with Crippen LogP contribution in [0.4, 0.5) is 4.79 Å². The Hall–Kier alpha value is -2.12. The molecule has 0 spiro atoms. The third kappa shape index (κ3) is 3.62. The van der Waals surface area contributed by atoms with Gasteiger partial charge in [-0.3, -0.25) is 19.3 Å². The molecule has 2 heterocycles. The first-order valence-electron chi connectivity index (χ1n) is 8.05. The number of hydrogen-bond donors (Lipinski definition) is 0. The van der Waals surface area contributed by atoms with E-state index in [1.165, 1.54) is 9.80 Å². The monoisotopic (exact) mass is 325 g/mol. The van der Waals surface area contributed by atoms with Crippen LogP contribution < -0.4 is 0 Å². The molecule has 23 heavy (non-hydrogen) atoms. The molecule has 0 aromatic heterocycles. The van der Waals surface area contributed by atoms with Crippen molar-refractivity contribution in [2.45, 2.75) is 26.7 Å². The van der Waals surface area contributed by atoms with E-state index in [2.05, 4.69) is 0 Å². The van der Waals surface area contributed by atoms with Gasteiger partial charge in [-0.2, -0.15) is 0 Å². The molecule has 4 amide bonds. The van der Waals surface area contributed by atoms with Gasteiger partial charge in [-0.05, 0) is 26.7 Å². The van der Waals surface area contributed by atoms with Crippen molar-refractivity contribution in [3.8, 4) is 0 Å². The highest BCUT2D eigenvalue weighted by Gasteiger charge is 2.39. The molecule has 0 aliphatic carbocycles. The van der Waals surface area contributed by atoms with Crippen molar-refractivity contribution >= 4 is 23.8 Å². The summed E-state index contributed by atoms with van der Waals surface area (Å²) in [5.41, 5.74) is 0. The Labute approximate surface area is 135 Å². The number of piperazine rings is 1. The van der Waals surface area contributed by atoms with Crippen LogP contribution >= 0.6 is 0 Å². The average Bonchev–Trinajstić information content (AvgIpc) is 2.57. The van der Waals surface area contributed by atoms with E-state index < -0.39 is 17.8 Å². The summed E-state index contributed by atoms with van der Waals surface area (Å²) in [7, 11) is 0. The lowest BCUT2D eigenvalue weighted by molar-refractivity contribution is -0.154. The number of carbonyl (C=O) groups excluding carboxylic acids is 4. The topological polar surface area (TPSA) is 87.2 Å². The van der Waals surface area contributed by atoms with Gasteiger partial charge in [0.05, 0.1) is 12.5 Å². The Morgan fingerprint density at radius 3 is 2.52 bits per heavy atom. The Morgan fingerprint density at radius 2 is 1.87 bits per heavy atom. The molecule has 1 atom stereocenters. The van der Waals surface area contributed by atoms with Crippen LogP contribution in [-0.2, 0) is 19.1 Å². The van der Waals surface area contributed by atoms with Crippen LogP contribution in [0, 0.1) is 5.92 Å². The second-order valence-corrected chi connectivity index (χ2v) is 5.66. The van der Waals surface area contributed by atoms with E-state index in [9.17, 15) is 19.2 Å². The van der Waals surface area contributed by atoms with Crippen LogP contribution in [0.3, 0.4) is 0 Å². The van der Waals surface area contributed by atoms with Gasteiger partial charge >= 0.3 is 23.8 Å². The molecule has 2 aliphatic heterocycles. The fraction of sp³-hybridized carbons (Fsp3) is 0.733. The quantitative estimate of drug-likeness (QED) is 0.541. The minimum absolute atomic E-state index is 0.192. The molecule has 2 aliphatic rings. The number of ether oxygens (including phenoxy) is 1. The number of imide groups is 1. The second kappa shape index (κ2) is 7.43. The highest BCUT2D eigenvalue weighted by atomic mass is 16.5. The number of likely N-dealkylation sites (N-methyl/N-ethyl adjacent to an activating group) is 1. The molecule has 0 N–H and O–H groups in total. The first kappa shape index (κ1) is 17.2. The molecule has 0 aromatic carbocycles. The van der Waals surface area contributed by atoms with Crippen LogP contribution in [-0.4, -0.2) is 77.8 Å². The normalized spacial score (nSPS) is 22.3. The van der Waals surface area contributed by atoms with Crippen molar-refractivity contribution < 1.29 is 23.9 Å². The van der Waals surface area contributed by atoms with Gasteiger partial charge in [-0.15, -0.1) is 0 Å². The minimum Gasteiger partial charge on any atom is -0.466 e. The number of hydrogen-bond acceptors (Lipinski definition) is 5. The third-order valence-electron chi connectivity index (χ3n) is 4.23. The predicted octanol–water partition coefficient (Wildman–Crippen LogP) is 0.0722. The number of urea groups is 1. The molecule has 8 heteroatoms. The fourth-order valence-electron chi connectivity index (χ4n) is 2.93. The molecule has 128 valence electrons. The molecule has 0 saturated carbocycles. The molecular formula is C15H23N3O5. The fourth-order valence-corrected chi connectivity index (χ4v) is 2.93. The average molecular weight is 325 g/mol. The first-order valence-corrected chi connectivity index (χ1v) is 8.05. The summed E-state index contributed by atoms with van der Waals surface area (Å²) in [6.07, 6.45) is 1.34. The van der Waals surface area contributed by atoms with Crippen molar-refractivity contribution in [1.82, 2.24) is 14.7 Å². The van der Waals surface area contributed by atoms with Crippen LogP contribution in [0.15, 0.2) is 0 Å². The van der Waals surface area contributed by atoms with Gasteiger partial charge in [0.25, 0.3) is 0 Å². The molecule has 0 unspecified atom stereocenters. The lowest BCUT2D eigenvalue weighted by Gasteiger charge is -2.37. The first-order chi connectivity index (χ1) is 11.0. The van der Waals surface area contributed by atoms with Gasteiger partial charge in [-0.1, -0.05) is 0 Å². The Morgan fingerprint density at radius 1 is 1.13 bits per heavy atom. The van der Waals surface area contributed by atoms with E-state index in [1.807, 2.05) is 0 Å². The number of carbonyl (C=O) groups is 4. The standard InChI is InChI=1S/C15H23N3O5/c1-3-16-8-9-18(13(20)12(16)19)15(22)17-7-5-6-11(10-17)14(21)23-4-2/h11H,3-10H2,1-2H3/t11-/m1/s1. The van der Waals surface area contributed by atoms with E-state index in [4.69, 9.17) is 4.74 Å². The molecule has 0 radical (unpaired) electrons. The molecule has 2 saturated heterocycles. The largest absolute Gasteiger partial charge is 0.466 e. The minimum atomic E-state index is -0.790. The second-order valence-electron chi connectivity index (χ2n) is 5.66. The smallest absolute Gasteiger partial charge is 0.327 e. The van der Waals surface area contributed by atoms with Crippen LogP contribution in [0.25, 0.3) is 0 Å². The number of piperidine rings is 1. The van der Waals surface area contributed by atoms with Gasteiger partial charge < -0.3 is 14.5 Å². The maximum absolute atomic E-state index is 12.5. The van der Waals surface area contributed by atoms with E-state index in [0.29, 0.717) is 39.1 Å². The van der Waals surface area contributed by atoms with E-state index in [0.717, 1.165) is 4.90 Å². The molecule has 2 fully saturated rings. The Balaban J connectivity index is 2.01. The van der Waals surface area contributed by atoms with Crippen molar-refractivity contribution in [1.29, 1.82) is 0 Å². The van der Waals surface area contributed by atoms with Crippen LogP contribution in [0.5, 0.6) is 0 Å². The number of nitrogens with zero attached hydrogens (tertiary/aromatic N) is 3. The summed E-state index contributed by atoms with van der Waals surface area (Å²) in [5.74, 6) is -2.12. The highest BCUT2D eigenvalue weighted by molar-refractivity contribution is 6.38. The zero-order chi connectivity index (χ0) is 17.0. The summed E-state index contributed by atoms with van der Waals surface area (Å²) in [6, 6.07) is -0.492. The summed E-state index contributed by atoms with van der Waals surface area (Å²) in [5, 5.41) is 0. The van der Waals surface area contributed by atoms with Crippen molar-refractivity contribution in [2.75, 3.05) is 39.3 Å². The Kier molecular flexibility index (Phi) is 5.57. The predicted molar refractivity (Wildman–Crippen MR) is 80.3 cm³/mol. The molecule has 2 rings (SSSR count). The maximum Gasteiger partial charge on any atom is 0.327 e. The van der Waals surface area contributed by atoms with Gasteiger partial charge in [0, 0.05) is 32.7 Å². The van der Waals surface area contributed by atoms with Gasteiger partial charge in [0.1, 0.15) is 0 Å². The van der Waals surface area contributed by atoms with Crippen molar-refractivity contribution in [3.63, 3.8) is 0 Å². The van der Waals surface area contributed by atoms with E-state index >= 15 is 0 Å². The summed E-state index contributed by atoms with van der Waals surface area (Å²) in [4.78, 5) is 52.2. The van der Waals surface area contributed by atoms with E-state index in [1.54, 1.807) is 13.8 Å². The number of rotatable bonds is 3. The van der Waals surface area contributed by atoms with Crippen molar-refractivity contribution in [2.24, 2.45) is 5.92 Å². The zero-order valence-corrected chi connectivity index (χ0v) is 13.6. The van der Waals surface area contributed by atoms with Gasteiger partial charge in [0.15, 0.2) is 0 Å². The lowest BCUT2D eigenvalue weighted by Crippen LogP contribution is -2.59. The highest BCUT2D eigenvalue weighted by Crippen LogP contribution is 2.20. The maximum atomic E-state index is 12.5. The van der Waals surface area contributed by atoms with Crippen LogP contribution in [0.1, 0.15) is 26.7 Å². The number of amides is 4. The van der Waals surface area contributed by atoms with Crippen LogP contribution in [0.2, 0.25) is 0 Å². The summed E-state index contributed by atoms with van der Waals surface area (Å²) >= 11 is 0. The van der Waals surface area contributed by atoms with Gasteiger partial charge in [0.2, 0.25) is 0 Å². The number of esters is 1. The van der Waals surface area contributed by atoms with Gasteiger partial charge in [-0.25, -0.2) is 4.79 Å². The molecular weight excluding hydrogens is 302 g/mol. The molecule has 0 aromatic rings. The summed E-state index contributed by atoms with van der Waals surface area (Å²) < 4.78 is 5.00. The molecule has 0 bridgehead atoms.